The summed E-state index contributed by atoms with van der Waals surface area (Å²) in [6, 6.07) is 5.68. The van der Waals surface area contributed by atoms with Gasteiger partial charge in [-0.15, -0.1) is 0 Å². The van der Waals surface area contributed by atoms with Crippen molar-refractivity contribution in [3.8, 4) is 0 Å². The van der Waals surface area contributed by atoms with Gasteiger partial charge in [0.25, 0.3) is 5.91 Å². The van der Waals surface area contributed by atoms with Crippen LogP contribution in [0.15, 0.2) is 48.0 Å². The molecule has 1 fully saturated rings. The Kier molecular flexibility index (Phi) is 4.52. The molecule has 0 atom stereocenters. The van der Waals surface area contributed by atoms with Crippen molar-refractivity contribution in [3.63, 3.8) is 0 Å². The van der Waals surface area contributed by atoms with Crippen LogP contribution in [0.5, 0.6) is 0 Å². The average molecular weight is 366 g/mol. The fourth-order valence-electron chi connectivity index (χ4n) is 1.99. The van der Waals surface area contributed by atoms with Crippen LogP contribution >= 0.6 is 22.6 Å². The summed E-state index contributed by atoms with van der Waals surface area (Å²) in [7, 11) is 0. The van der Waals surface area contributed by atoms with E-state index in [9.17, 15) is 4.79 Å². The first-order valence-corrected chi connectivity index (χ1v) is 7.10. The topological polar surface area (TPSA) is 32.7 Å². The van der Waals surface area contributed by atoms with Gasteiger partial charge in [-0.25, -0.2) is 0 Å². The number of rotatable bonds is 3. The number of hydrogen-bond donors (Lipinski definition) is 0. The van der Waals surface area contributed by atoms with Gasteiger partial charge >= 0.3 is 0 Å². The van der Waals surface area contributed by atoms with Gasteiger partial charge in [-0.1, -0.05) is 24.8 Å². The van der Waals surface area contributed by atoms with Gasteiger partial charge in [0, 0.05) is 22.9 Å². The van der Waals surface area contributed by atoms with Crippen molar-refractivity contribution in [2.24, 2.45) is 4.99 Å². The van der Waals surface area contributed by atoms with Crippen LogP contribution in [0.4, 0.5) is 5.69 Å². The zero-order valence-electron chi connectivity index (χ0n) is 10.6. The number of carbonyl (C=O) groups excluding carboxylic acids is 1. The quantitative estimate of drug-likeness (QED) is 0.457. The Morgan fingerprint density at radius 2 is 2.26 bits per heavy atom. The van der Waals surface area contributed by atoms with Crippen molar-refractivity contribution in [1.29, 1.82) is 0 Å². The standard InChI is InChI=1S/C15H15IN2O/c1-3-7-17-14-5-4-12(16)9-13(14)15(19)18-8-6-11(2)10-18/h3-5,7,9H,1-2,6,8,10H2/b17-7-. The minimum Gasteiger partial charge on any atom is -0.334 e. The summed E-state index contributed by atoms with van der Waals surface area (Å²) in [5.41, 5.74) is 2.43. The van der Waals surface area contributed by atoms with Gasteiger partial charge in [0.2, 0.25) is 0 Å². The molecule has 0 aliphatic carbocycles. The average Bonchev–Trinajstić information content (AvgIpc) is 2.83. The molecule has 1 amide bonds. The molecule has 1 aromatic carbocycles. The Bertz CT molecular complexity index is 563. The van der Waals surface area contributed by atoms with E-state index in [0.717, 1.165) is 22.1 Å². The molecule has 0 saturated carbocycles. The Morgan fingerprint density at radius 1 is 1.47 bits per heavy atom. The molecule has 0 N–H and O–H groups in total. The SMILES string of the molecule is C=C/C=N\c1ccc(I)cc1C(=O)N1CCC(=C)C1. The second-order valence-electron chi connectivity index (χ2n) is 4.40. The van der Waals surface area contributed by atoms with Crippen molar-refractivity contribution in [3.05, 3.63) is 52.1 Å². The summed E-state index contributed by atoms with van der Waals surface area (Å²) < 4.78 is 1.02. The van der Waals surface area contributed by atoms with Crippen LogP contribution in [0.2, 0.25) is 0 Å². The van der Waals surface area contributed by atoms with E-state index in [1.807, 2.05) is 23.1 Å². The number of amides is 1. The second-order valence-corrected chi connectivity index (χ2v) is 5.65. The summed E-state index contributed by atoms with van der Waals surface area (Å²) in [5.74, 6) is 0.0216. The maximum atomic E-state index is 12.5. The molecule has 1 aliphatic rings. The summed E-state index contributed by atoms with van der Waals surface area (Å²) in [6.45, 7) is 8.92. The van der Waals surface area contributed by atoms with Gasteiger partial charge in [-0.05, 0) is 47.2 Å². The molecule has 1 aromatic rings. The number of allylic oxidation sites excluding steroid dienone is 1. The molecule has 0 bridgehead atoms. The van der Waals surface area contributed by atoms with Gasteiger partial charge in [0.1, 0.15) is 0 Å². The van der Waals surface area contributed by atoms with Crippen LogP contribution in [0, 0.1) is 3.57 Å². The van der Waals surface area contributed by atoms with Gasteiger partial charge in [-0.3, -0.25) is 9.79 Å². The minimum absolute atomic E-state index is 0.0216. The molecule has 19 heavy (non-hydrogen) atoms. The van der Waals surface area contributed by atoms with E-state index in [0.29, 0.717) is 17.8 Å². The number of carbonyl (C=O) groups is 1. The number of hydrogen-bond acceptors (Lipinski definition) is 2. The predicted octanol–water partition coefficient (Wildman–Crippen LogP) is 3.58. The second kappa shape index (κ2) is 6.14. The Labute approximate surface area is 126 Å². The Hall–Kier alpha value is -1.43. The largest absolute Gasteiger partial charge is 0.334 e. The van der Waals surface area contributed by atoms with Crippen LogP contribution < -0.4 is 0 Å². The highest BCUT2D eigenvalue weighted by molar-refractivity contribution is 14.1. The van der Waals surface area contributed by atoms with Gasteiger partial charge in [0.05, 0.1) is 11.3 Å². The third-order valence-corrected chi connectivity index (χ3v) is 3.62. The Morgan fingerprint density at radius 3 is 2.89 bits per heavy atom. The van der Waals surface area contributed by atoms with Crippen LogP contribution in [-0.4, -0.2) is 30.1 Å². The lowest BCUT2D eigenvalue weighted by molar-refractivity contribution is 0.0797. The van der Waals surface area contributed by atoms with Crippen LogP contribution in [0.25, 0.3) is 0 Å². The Balaban J connectivity index is 2.34. The van der Waals surface area contributed by atoms with Gasteiger partial charge in [0.15, 0.2) is 0 Å². The van der Waals surface area contributed by atoms with E-state index < -0.39 is 0 Å². The van der Waals surface area contributed by atoms with Crippen molar-refractivity contribution >= 4 is 40.4 Å². The fraction of sp³-hybridized carbons (Fsp3) is 0.200. The zero-order chi connectivity index (χ0) is 13.8. The predicted molar refractivity (Wildman–Crippen MR) is 87.2 cm³/mol. The minimum atomic E-state index is 0.0216. The molecule has 2 rings (SSSR count). The molecule has 1 heterocycles. The number of halogens is 1. The normalized spacial score (nSPS) is 15.2. The summed E-state index contributed by atoms with van der Waals surface area (Å²) >= 11 is 2.20. The molecular formula is C15H15IN2O. The van der Waals surface area contributed by atoms with Crippen LogP contribution in [0.1, 0.15) is 16.8 Å². The molecule has 0 unspecified atom stereocenters. The lowest BCUT2D eigenvalue weighted by Crippen LogP contribution is -2.27. The van der Waals surface area contributed by atoms with E-state index >= 15 is 0 Å². The van der Waals surface area contributed by atoms with Gasteiger partial charge < -0.3 is 4.90 Å². The van der Waals surface area contributed by atoms with E-state index in [4.69, 9.17) is 0 Å². The third-order valence-electron chi connectivity index (χ3n) is 2.94. The van der Waals surface area contributed by atoms with Crippen molar-refractivity contribution in [2.75, 3.05) is 13.1 Å². The van der Waals surface area contributed by atoms with Crippen LogP contribution in [0.3, 0.4) is 0 Å². The summed E-state index contributed by atoms with van der Waals surface area (Å²) in [6.07, 6.45) is 4.09. The lowest BCUT2D eigenvalue weighted by Gasteiger charge is -2.16. The fourth-order valence-corrected chi connectivity index (χ4v) is 2.48. The molecule has 0 aromatic heterocycles. The number of nitrogens with zero attached hydrogens (tertiary/aromatic N) is 2. The first-order chi connectivity index (χ1) is 9.11. The smallest absolute Gasteiger partial charge is 0.256 e. The molecular weight excluding hydrogens is 351 g/mol. The molecule has 3 nitrogen and oxygen atoms in total. The maximum Gasteiger partial charge on any atom is 0.256 e. The number of benzene rings is 1. The number of aliphatic imine (C=N–C) groups is 1. The molecule has 98 valence electrons. The summed E-state index contributed by atoms with van der Waals surface area (Å²) in [4.78, 5) is 18.6. The zero-order valence-corrected chi connectivity index (χ0v) is 12.8. The third kappa shape index (κ3) is 3.32. The van der Waals surface area contributed by atoms with E-state index in [1.54, 1.807) is 12.3 Å². The van der Waals surface area contributed by atoms with Crippen LogP contribution in [-0.2, 0) is 0 Å². The molecule has 1 aliphatic heterocycles. The van der Waals surface area contributed by atoms with Crippen molar-refractivity contribution in [2.45, 2.75) is 6.42 Å². The highest BCUT2D eigenvalue weighted by Gasteiger charge is 2.23. The highest BCUT2D eigenvalue weighted by Crippen LogP contribution is 2.25. The van der Waals surface area contributed by atoms with Crippen molar-refractivity contribution in [1.82, 2.24) is 4.90 Å². The van der Waals surface area contributed by atoms with E-state index in [2.05, 4.69) is 40.7 Å². The molecule has 4 heteroatoms. The highest BCUT2D eigenvalue weighted by atomic mass is 127. The molecule has 1 saturated heterocycles. The van der Waals surface area contributed by atoms with Gasteiger partial charge in [-0.2, -0.15) is 0 Å². The first-order valence-electron chi connectivity index (χ1n) is 6.02. The lowest BCUT2D eigenvalue weighted by atomic mass is 10.1. The number of likely N-dealkylation sites (tertiary alicyclic amines) is 1. The van der Waals surface area contributed by atoms with Crippen molar-refractivity contribution < 1.29 is 4.79 Å². The maximum absolute atomic E-state index is 12.5. The van der Waals surface area contributed by atoms with E-state index in [1.165, 1.54) is 0 Å². The molecule has 0 spiro atoms. The summed E-state index contributed by atoms with van der Waals surface area (Å²) in [5, 5.41) is 0. The first kappa shape index (κ1) is 14.0. The monoisotopic (exact) mass is 366 g/mol. The van der Waals surface area contributed by atoms with E-state index in [-0.39, 0.29) is 5.91 Å². The molecule has 0 radical (unpaired) electrons.